The number of nitro groups is 1. The van der Waals surface area contributed by atoms with Gasteiger partial charge in [0.05, 0.1) is 18.3 Å². The molecule has 0 aliphatic rings. The average molecular weight is 421 g/mol. The first-order chi connectivity index (χ1) is 13.6. The number of aryl methyl sites for hydroxylation is 2. The lowest BCUT2D eigenvalue weighted by molar-refractivity contribution is -0.384. The van der Waals surface area contributed by atoms with Gasteiger partial charge in [0, 0.05) is 17.8 Å². The first-order valence-electron chi connectivity index (χ1n) is 8.77. The zero-order valence-corrected chi connectivity index (χ0v) is 17.4. The van der Waals surface area contributed by atoms with Gasteiger partial charge in [-0.2, -0.15) is 0 Å². The molecule has 1 N–H and O–H groups in total. The van der Waals surface area contributed by atoms with E-state index in [0.29, 0.717) is 12.1 Å². The molecule has 0 spiro atoms. The van der Waals surface area contributed by atoms with Gasteiger partial charge in [0.2, 0.25) is 15.9 Å². The Morgan fingerprint density at radius 3 is 2.52 bits per heavy atom. The number of non-ortho nitro benzene ring substituents is 1. The second-order valence-electron chi connectivity index (χ2n) is 6.39. The highest BCUT2D eigenvalue weighted by Crippen LogP contribution is 2.33. The van der Waals surface area contributed by atoms with Crippen LogP contribution in [0.4, 0.5) is 17.1 Å². The summed E-state index contributed by atoms with van der Waals surface area (Å²) in [6.45, 7) is 3.22. The third kappa shape index (κ3) is 5.23. The van der Waals surface area contributed by atoms with Crippen molar-refractivity contribution in [3.05, 3.63) is 57.6 Å². The van der Waals surface area contributed by atoms with E-state index in [2.05, 4.69) is 5.32 Å². The number of anilines is 2. The summed E-state index contributed by atoms with van der Waals surface area (Å²) in [6.07, 6.45) is 1.61. The van der Waals surface area contributed by atoms with Crippen molar-refractivity contribution in [2.75, 3.05) is 29.5 Å². The maximum Gasteiger partial charge on any atom is 0.271 e. The van der Waals surface area contributed by atoms with Crippen LogP contribution in [-0.2, 0) is 21.2 Å². The third-order valence-electron chi connectivity index (χ3n) is 4.33. The molecular formula is C19H23N3O6S. The Labute approximate surface area is 169 Å². The maximum atomic E-state index is 12.7. The predicted molar refractivity (Wildman–Crippen MR) is 111 cm³/mol. The fourth-order valence-electron chi connectivity index (χ4n) is 2.88. The van der Waals surface area contributed by atoms with E-state index < -0.39 is 27.4 Å². The number of hydrogen-bond acceptors (Lipinski definition) is 6. The normalized spacial score (nSPS) is 11.0. The molecule has 0 heterocycles. The number of sulfonamides is 1. The molecule has 2 aromatic carbocycles. The number of para-hydroxylation sites is 1. The van der Waals surface area contributed by atoms with E-state index in [4.69, 9.17) is 4.74 Å². The summed E-state index contributed by atoms with van der Waals surface area (Å²) >= 11 is 0. The van der Waals surface area contributed by atoms with Gasteiger partial charge in [-0.3, -0.25) is 19.2 Å². The summed E-state index contributed by atoms with van der Waals surface area (Å²) in [4.78, 5) is 23.2. The minimum Gasteiger partial charge on any atom is -0.495 e. The second kappa shape index (κ2) is 8.91. The summed E-state index contributed by atoms with van der Waals surface area (Å²) in [6, 6.07) is 9.15. The lowest BCUT2D eigenvalue weighted by Gasteiger charge is -2.24. The SMILES string of the molecule is CCc1cccc(C)c1NC(=O)CN(c1cc([N+](=O)[O-])ccc1OC)S(C)(=O)=O. The minimum absolute atomic E-state index is 0.0835. The van der Waals surface area contributed by atoms with Crippen LogP contribution >= 0.6 is 0 Å². The van der Waals surface area contributed by atoms with E-state index in [1.165, 1.54) is 19.2 Å². The second-order valence-corrected chi connectivity index (χ2v) is 8.30. The van der Waals surface area contributed by atoms with E-state index in [1.54, 1.807) is 0 Å². The molecule has 29 heavy (non-hydrogen) atoms. The van der Waals surface area contributed by atoms with E-state index >= 15 is 0 Å². The molecule has 0 aliphatic heterocycles. The van der Waals surface area contributed by atoms with E-state index in [-0.39, 0.29) is 17.1 Å². The largest absolute Gasteiger partial charge is 0.495 e. The van der Waals surface area contributed by atoms with Crippen LogP contribution in [0.1, 0.15) is 18.1 Å². The van der Waals surface area contributed by atoms with Gasteiger partial charge in [-0.1, -0.05) is 25.1 Å². The molecule has 2 rings (SSSR count). The number of methoxy groups -OCH3 is 1. The first kappa shape index (κ1) is 22.2. The molecule has 0 fully saturated rings. The van der Waals surface area contributed by atoms with Crippen molar-refractivity contribution in [1.82, 2.24) is 0 Å². The van der Waals surface area contributed by atoms with Crippen molar-refractivity contribution < 1.29 is 22.9 Å². The van der Waals surface area contributed by atoms with Crippen LogP contribution in [0.2, 0.25) is 0 Å². The first-order valence-corrected chi connectivity index (χ1v) is 10.6. The highest BCUT2D eigenvalue weighted by molar-refractivity contribution is 7.92. The molecule has 0 atom stereocenters. The predicted octanol–water partition coefficient (Wildman–Crippen LogP) is 2.88. The highest BCUT2D eigenvalue weighted by Gasteiger charge is 2.26. The minimum atomic E-state index is -3.94. The van der Waals surface area contributed by atoms with Gasteiger partial charge in [-0.25, -0.2) is 8.42 Å². The van der Waals surface area contributed by atoms with Crippen molar-refractivity contribution in [2.24, 2.45) is 0 Å². The van der Waals surface area contributed by atoms with Crippen molar-refractivity contribution >= 4 is 33.0 Å². The average Bonchev–Trinajstić information content (AvgIpc) is 2.66. The quantitative estimate of drug-likeness (QED) is 0.517. The monoisotopic (exact) mass is 421 g/mol. The molecule has 156 valence electrons. The van der Waals surface area contributed by atoms with Crippen LogP contribution in [-0.4, -0.2) is 39.2 Å². The summed E-state index contributed by atoms with van der Waals surface area (Å²) in [7, 11) is -2.62. The Kier molecular flexibility index (Phi) is 6.80. The van der Waals surface area contributed by atoms with Crippen molar-refractivity contribution in [2.45, 2.75) is 20.3 Å². The Bertz CT molecular complexity index is 1040. The summed E-state index contributed by atoms with van der Waals surface area (Å²) in [5, 5.41) is 13.9. The van der Waals surface area contributed by atoms with Gasteiger partial charge in [-0.15, -0.1) is 0 Å². The van der Waals surface area contributed by atoms with Gasteiger partial charge in [0.15, 0.2) is 0 Å². The standard InChI is InChI=1S/C19H23N3O6S/c1-5-14-8-6-7-13(2)19(14)20-18(23)12-21(29(4,26)27)16-11-15(22(24)25)9-10-17(16)28-3/h6-11H,5,12H2,1-4H3,(H,20,23). The Morgan fingerprint density at radius 2 is 1.97 bits per heavy atom. The lowest BCUT2D eigenvalue weighted by atomic mass is 10.1. The summed E-state index contributed by atoms with van der Waals surface area (Å²) < 4.78 is 30.7. The van der Waals surface area contributed by atoms with Gasteiger partial charge in [-0.05, 0) is 30.5 Å². The number of ether oxygens (including phenoxy) is 1. The van der Waals surface area contributed by atoms with E-state index in [9.17, 15) is 23.3 Å². The number of nitro benzene ring substituents is 1. The van der Waals surface area contributed by atoms with Crippen LogP contribution in [0.3, 0.4) is 0 Å². The van der Waals surface area contributed by atoms with E-state index in [1.807, 2.05) is 32.0 Å². The number of rotatable bonds is 8. The molecule has 0 saturated heterocycles. The van der Waals surface area contributed by atoms with Crippen LogP contribution in [0.25, 0.3) is 0 Å². The third-order valence-corrected chi connectivity index (χ3v) is 5.46. The molecule has 0 aromatic heterocycles. The lowest BCUT2D eigenvalue weighted by Crippen LogP contribution is -2.38. The van der Waals surface area contributed by atoms with Crippen LogP contribution in [0.15, 0.2) is 36.4 Å². The van der Waals surface area contributed by atoms with E-state index in [0.717, 1.165) is 27.8 Å². The smallest absolute Gasteiger partial charge is 0.271 e. The zero-order valence-electron chi connectivity index (χ0n) is 16.6. The van der Waals surface area contributed by atoms with Crippen LogP contribution < -0.4 is 14.4 Å². The molecule has 0 bridgehead atoms. The zero-order chi connectivity index (χ0) is 21.8. The Hall–Kier alpha value is -3.14. The topological polar surface area (TPSA) is 119 Å². The molecule has 10 heteroatoms. The van der Waals surface area contributed by atoms with Crippen molar-refractivity contribution in [3.8, 4) is 5.75 Å². The number of benzene rings is 2. The molecule has 0 saturated carbocycles. The van der Waals surface area contributed by atoms with Crippen LogP contribution in [0, 0.1) is 17.0 Å². The molecule has 1 amide bonds. The Balaban J connectivity index is 2.43. The number of nitrogens with zero attached hydrogens (tertiary/aromatic N) is 2. The number of amides is 1. The molecule has 0 radical (unpaired) electrons. The fourth-order valence-corrected chi connectivity index (χ4v) is 3.73. The molecular weight excluding hydrogens is 398 g/mol. The summed E-state index contributed by atoms with van der Waals surface area (Å²) in [5.41, 5.74) is 1.98. The van der Waals surface area contributed by atoms with Crippen molar-refractivity contribution in [1.29, 1.82) is 0 Å². The molecule has 0 unspecified atom stereocenters. The molecule has 2 aromatic rings. The number of hydrogen-bond donors (Lipinski definition) is 1. The van der Waals surface area contributed by atoms with Gasteiger partial charge in [0.1, 0.15) is 18.0 Å². The van der Waals surface area contributed by atoms with Gasteiger partial charge < -0.3 is 10.1 Å². The van der Waals surface area contributed by atoms with Crippen molar-refractivity contribution in [3.63, 3.8) is 0 Å². The van der Waals surface area contributed by atoms with Crippen LogP contribution in [0.5, 0.6) is 5.75 Å². The molecule has 0 aliphatic carbocycles. The van der Waals surface area contributed by atoms with Gasteiger partial charge >= 0.3 is 0 Å². The molecule has 9 nitrogen and oxygen atoms in total. The fraction of sp³-hybridized carbons (Fsp3) is 0.316. The summed E-state index contributed by atoms with van der Waals surface area (Å²) in [5.74, 6) is -0.480. The highest BCUT2D eigenvalue weighted by atomic mass is 32.2. The Morgan fingerprint density at radius 1 is 1.28 bits per heavy atom. The number of carbonyl (C=O) groups is 1. The van der Waals surface area contributed by atoms with Gasteiger partial charge in [0.25, 0.3) is 5.69 Å². The maximum absolute atomic E-state index is 12.7. The number of carbonyl (C=O) groups excluding carboxylic acids is 1. The number of nitrogens with one attached hydrogen (secondary N) is 1.